The monoisotopic (exact) mass is 271 g/mol. The number of carboxylic acid groups (broad SMARTS) is 1. The maximum atomic E-state index is 12.1. The zero-order valence-electron chi connectivity index (χ0n) is 11.9. The summed E-state index contributed by atoms with van der Waals surface area (Å²) < 4.78 is 0. The second-order valence-corrected chi connectivity index (χ2v) is 6.36. The summed E-state index contributed by atoms with van der Waals surface area (Å²) in [5.41, 5.74) is -0.819. The molecule has 0 aliphatic heterocycles. The van der Waals surface area contributed by atoms with Crippen molar-refractivity contribution < 1.29 is 19.8 Å². The molecule has 0 unspecified atom stereocenters. The number of aliphatic hydroxyl groups excluding tert-OH is 1. The molecule has 1 aliphatic rings. The topological polar surface area (TPSA) is 86.6 Å². The van der Waals surface area contributed by atoms with Gasteiger partial charge in [0.1, 0.15) is 0 Å². The summed E-state index contributed by atoms with van der Waals surface area (Å²) in [4.78, 5) is 23.1. The third-order valence-electron chi connectivity index (χ3n) is 3.94. The lowest BCUT2D eigenvalue weighted by Crippen LogP contribution is -2.45. The molecule has 0 atom stereocenters. The number of aliphatic carboxylic acids is 1. The van der Waals surface area contributed by atoms with E-state index in [4.69, 9.17) is 10.2 Å². The Morgan fingerprint density at radius 1 is 1.21 bits per heavy atom. The third kappa shape index (κ3) is 5.19. The normalized spacial score (nSPS) is 18.3. The molecule has 1 saturated carbocycles. The zero-order valence-corrected chi connectivity index (χ0v) is 11.9. The van der Waals surface area contributed by atoms with Crippen LogP contribution in [0.4, 0.5) is 0 Å². The summed E-state index contributed by atoms with van der Waals surface area (Å²) in [5, 5.41) is 20.8. The summed E-state index contributed by atoms with van der Waals surface area (Å²) in [6, 6.07) is 0. The lowest BCUT2D eigenvalue weighted by atomic mass is 9.79. The van der Waals surface area contributed by atoms with Gasteiger partial charge >= 0.3 is 5.97 Å². The quantitative estimate of drug-likeness (QED) is 0.657. The van der Waals surface area contributed by atoms with E-state index in [9.17, 15) is 9.59 Å². The molecule has 1 amide bonds. The minimum Gasteiger partial charge on any atom is -0.481 e. The molecular formula is C14H25NO4. The number of carboxylic acids is 1. The van der Waals surface area contributed by atoms with Gasteiger partial charge in [0.25, 0.3) is 0 Å². The first-order valence-corrected chi connectivity index (χ1v) is 6.92. The summed E-state index contributed by atoms with van der Waals surface area (Å²) in [6.45, 7) is 3.74. The Kier molecular flexibility index (Phi) is 5.35. The Balaban J connectivity index is 2.60. The number of carbonyl (C=O) groups is 2. The summed E-state index contributed by atoms with van der Waals surface area (Å²) >= 11 is 0. The summed E-state index contributed by atoms with van der Waals surface area (Å²) in [6.07, 6.45) is 4.46. The molecule has 5 heteroatoms. The maximum Gasteiger partial charge on any atom is 0.303 e. The van der Waals surface area contributed by atoms with Crippen molar-refractivity contribution in [3.05, 3.63) is 0 Å². The standard InChI is InChI=1S/C14H25NO4/c1-13(2,7-8-16)15-11(17)9-14(10-12(18)19)5-3-4-6-14/h16H,3-10H2,1-2H3,(H,15,17)(H,18,19). The lowest BCUT2D eigenvalue weighted by Gasteiger charge is -2.30. The van der Waals surface area contributed by atoms with E-state index in [2.05, 4.69) is 5.32 Å². The predicted octanol–water partition coefficient (Wildman–Crippen LogP) is 1.69. The van der Waals surface area contributed by atoms with Crippen molar-refractivity contribution in [3.8, 4) is 0 Å². The van der Waals surface area contributed by atoms with Crippen LogP contribution >= 0.6 is 0 Å². The molecular weight excluding hydrogens is 246 g/mol. The Morgan fingerprint density at radius 3 is 2.26 bits per heavy atom. The van der Waals surface area contributed by atoms with Crippen molar-refractivity contribution in [3.63, 3.8) is 0 Å². The van der Waals surface area contributed by atoms with Crippen molar-refractivity contribution >= 4 is 11.9 Å². The van der Waals surface area contributed by atoms with E-state index in [0.29, 0.717) is 6.42 Å². The van der Waals surface area contributed by atoms with Gasteiger partial charge < -0.3 is 15.5 Å². The van der Waals surface area contributed by atoms with Gasteiger partial charge in [-0.3, -0.25) is 9.59 Å². The highest BCUT2D eigenvalue weighted by atomic mass is 16.4. The van der Waals surface area contributed by atoms with E-state index in [1.54, 1.807) is 0 Å². The lowest BCUT2D eigenvalue weighted by molar-refractivity contribution is -0.140. The summed E-state index contributed by atoms with van der Waals surface area (Å²) in [5.74, 6) is -0.939. The molecule has 1 rings (SSSR count). The highest BCUT2D eigenvalue weighted by Crippen LogP contribution is 2.44. The van der Waals surface area contributed by atoms with Crippen LogP contribution in [0.5, 0.6) is 0 Å². The third-order valence-corrected chi connectivity index (χ3v) is 3.94. The second-order valence-electron chi connectivity index (χ2n) is 6.36. The fourth-order valence-electron chi connectivity index (χ4n) is 2.97. The smallest absolute Gasteiger partial charge is 0.303 e. The van der Waals surface area contributed by atoms with E-state index in [1.165, 1.54) is 0 Å². The number of carbonyl (C=O) groups excluding carboxylic acids is 1. The van der Waals surface area contributed by atoms with Gasteiger partial charge in [-0.05, 0) is 38.5 Å². The number of rotatable bonds is 7. The Morgan fingerprint density at radius 2 is 1.79 bits per heavy atom. The molecule has 0 spiro atoms. The Hall–Kier alpha value is -1.10. The van der Waals surface area contributed by atoms with Crippen LogP contribution in [-0.4, -0.2) is 34.2 Å². The van der Waals surface area contributed by atoms with Crippen molar-refractivity contribution in [1.29, 1.82) is 0 Å². The van der Waals surface area contributed by atoms with Crippen LogP contribution in [0.25, 0.3) is 0 Å². The number of amides is 1. The van der Waals surface area contributed by atoms with Crippen molar-refractivity contribution in [1.82, 2.24) is 5.32 Å². The van der Waals surface area contributed by atoms with Crippen molar-refractivity contribution in [2.24, 2.45) is 5.41 Å². The van der Waals surface area contributed by atoms with Gasteiger partial charge in [-0.15, -0.1) is 0 Å². The second kappa shape index (κ2) is 6.37. The molecule has 0 aromatic rings. The van der Waals surface area contributed by atoms with Crippen LogP contribution in [0.2, 0.25) is 0 Å². The molecule has 0 aromatic carbocycles. The van der Waals surface area contributed by atoms with E-state index in [-0.39, 0.29) is 30.8 Å². The molecule has 5 nitrogen and oxygen atoms in total. The highest BCUT2D eigenvalue weighted by Gasteiger charge is 2.38. The predicted molar refractivity (Wildman–Crippen MR) is 71.7 cm³/mol. The minimum atomic E-state index is -0.829. The van der Waals surface area contributed by atoms with Gasteiger partial charge in [-0.2, -0.15) is 0 Å². The van der Waals surface area contributed by atoms with Crippen molar-refractivity contribution in [2.45, 2.75) is 64.3 Å². The van der Waals surface area contributed by atoms with Gasteiger partial charge in [0.2, 0.25) is 5.91 Å². The number of nitrogens with one attached hydrogen (secondary N) is 1. The zero-order chi connectivity index (χ0) is 14.5. The Labute approximate surface area is 114 Å². The maximum absolute atomic E-state index is 12.1. The first-order valence-electron chi connectivity index (χ1n) is 6.92. The molecule has 19 heavy (non-hydrogen) atoms. The molecule has 0 aromatic heterocycles. The van der Waals surface area contributed by atoms with E-state index in [0.717, 1.165) is 25.7 Å². The molecule has 110 valence electrons. The Bertz CT molecular complexity index is 332. The van der Waals surface area contributed by atoms with E-state index >= 15 is 0 Å². The number of hydrogen-bond donors (Lipinski definition) is 3. The van der Waals surface area contributed by atoms with E-state index in [1.807, 2.05) is 13.8 Å². The highest BCUT2D eigenvalue weighted by molar-refractivity contribution is 5.78. The molecule has 1 aliphatic carbocycles. The van der Waals surface area contributed by atoms with Crippen molar-refractivity contribution in [2.75, 3.05) is 6.61 Å². The molecule has 0 bridgehead atoms. The minimum absolute atomic E-state index is 0.0214. The fourth-order valence-corrected chi connectivity index (χ4v) is 2.97. The van der Waals surface area contributed by atoms with Gasteiger partial charge in [0.15, 0.2) is 0 Å². The van der Waals surface area contributed by atoms with Gasteiger partial charge in [-0.1, -0.05) is 12.8 Å². The van der Waals surface area contributed by atoms with Crippen LogP contribution in [0, 0.1) is 5.41 Å². The van der Waals surface area contributed by atoms with Crippen LogP contribution in [0.15, 0.2) is 0 Å². The number of hydrogen-bond acceptors (Lipinski definition) is 3. The fraction of sp³-hybridized carbons (Fsp3) is 0.857. The first kappa shape index (κ1) is 16.0. The molecule has 0 radical (unpaired) electrons. The molecule has 0 heterocycles. The van der Waals surface area contributed by atoms with Gasteiger partial charge in [0.05, 0.1) is 6.42 Å². The number of aliphatic hydroxyl groups is 1. The molecule has 1 fully saturated rings. The van der Waals surface area contributed by atoms with E-state index < -0.39 is 11.5 Å². The van der Waals surface area contributed by atoms with Crippen LogP contribution in [-0.2, 0) is 9.59 Å². The van der Waals surface area contributed by atoms with Crippen LogP contribution in [0.1, 0.15) is 58.8 Å². The van der Waals surface area contributed by atoms with Crippen LogP contribution < -0.4 is 5.32 Å². The first-order chi connectivity index (χ1) is 8.79. The molecule has 0 saturated heterocycles. The summed E-state index contributed by atoms with van der Waals surface area (Å²) in [7, 11) is 0. The SMILES string of the molecule is CC(C)(CCO)NC(=O)CC1(CC(=O)O)CCCC1. The molecule has 3 N–H and O–H groups in total. The largest absolute Gasteiger partial charge is 0.481 e. The van der Waals surface area contributed by atoms with Crippen LogP contribution in [0.3, 0.4) is 0 Å². The average molecular weight is 271 g/mol. The van der Waals surface area contributed by atoms with Gasteiger partial charge in [-0.25, -0.2) is 0 Å². The van der Waals surface area contributed by atoms with Gasteiger partial charge in [0, 0.05) is 18.6 Å². The average Bonchev–Trinajstić information content (AvgIpc) is 2.62.